The van der Waals surface area contributed by atoms with Gasteiger partial charge < -0.3 is 5.73 Å². The lowest BCUT2D eigenvalue weighted by atomic mass is 10.2. The summed E-state index contributed by atoms with van der Waals surface area (Å²) in [6.45, 7) is 0. The molecule has 0 aliphatic heterocycles. The molecule has 0 saturated heterocycles. The highest BCUT2D eigenvalue weighted by Gasteiger charge is 2.05. The monoisotopic (exact) mass is 192 g/mol. The first-order chi connectivity index (χ1) is 6.19. The number of hydrogen-bond donors (Lipinski definition) is 1. The molecular formula is C8H5ClN4. The van der Waals surface area contributed by atoms with Gasteiger partial charge in [-0.05, 0) is 18.2 Å². The van der Waals surface area contributed by atoms with Gasteiger partial charge in [0.1, 0.15) is 0 Å². The SMILES string of the molecule is N#CN(C#N)c1ccc(Cl)c(N)c1. The van der Waals surface area contributed by atoms with E-state index in [9.17, 15) is 0 Å². The van der Waals surface area contributed by atoms with Gasteiger partial charge in [0.15, 0.2) is 12.4 Å². The minimum Gasteiger partial charge on any atom is -0.397 e. The Kier molecular flexibility index (Phi) is 2.59. The zero-order valence-corrected chi connectivity index (χ0v) is 7.28. The van der Waals surface area contributed by atoms with Crippen LogP contribution in [0.15, 0.2) is 18.2 Å². The molecule has 0 aromatic heterocycles. The minimum atomic E-state index is 0.342. The molecule has 5 heteroatoms. The molecule has 0 spiro atoms. The first-order valence-electron chi connectivity index (χ1n) is 3.33. The summed E-state index contributed by atoms with van der Waals surface area (Å²) in [5.41, 5.74) is 6.24. The van der Waals surface area contributed by atoms with Crippen molar-refractivity contribution in [3.63, 3.8) is 0 Å². The largest absolute Gasteiger partial charge is 0.397 e. The Bertz CT molecular complexity index is 388. The second-order valence-electron chi connectivity index (χ2n) is 2.24. The van der Waals surface area contributed by atoms with E-state index < -0.39 is 0 Å². The predicted octanol–water partition coefficient (Wildman–Crippen LogP) is 1.69. The molecular weight excluding hydrogens is 188 g/mol. The highest BCUT2D eigenvalue weighted by Crippen LogP contribution is 2.24. The van der Waals surface area contributed by atoms with Crippen molar-refractivity contribution >= 4 is 23.0 Å². The lowest BCUT2D eigenvalue weighted by Crippen LogP contribution is -2.07. The third kappa shape index (κ3) is 1.81. The van der Waals surface area contributed by atoms with Crippen molar-refractivity contribution in [2.75, 3.05) is 10.6 Å². The average Bonchev–Trinajstić information content (AvgIpc) is 2.13. The fourth-order valence-corrected chi connectivity index (χ4v) is 0.926. The lowest BCUT2D eigenvalue weighted by Gasteiger charge is -2.06. The highest BCUT2D eigenvalue weighted by atomic mass is 35.5. The van der Waals surface area contributed by atoms with Gasteiger partial charge in [0.05, 0.1) is 16.4 Å². The van der Waals surface area contributed by atoms with Crippen LogP contribution in [0.3, 0.4) is 0 Å². The van der Waals surface area contributed by atoms with Crippen LogP contribution in [-0.4, -0.2) is 0 Å². The molecule has 64 valence electrons. The zero-order valence-electron chi connectivity index (χ0n) is 6.53. The van der Waals surface area contributed by atoms with Crippen LogP contribution in [0.2, 0.25) is 5.02 Å². The van der Waals surface area contributed by atoms with Crippen molar-refractivity contribution < 1.29 is 0 Å². The van der Waals surface area contributed by atoms with Crippen LogP contribution in [0.4, 0.5) is 11.4 Å². The second kappa shape index (κ2) is 3.66. The highest BCUT2D eigenvalue weighted by molar-refractivity contribution is 6.33. The van der Waals surface area contributed by atoms with E-state index >= 15 is 0 Å². The van der Waals surface area contributed by atoms with Crippen LogP contribution in [0, 0.1) is 22.9 Å². The van der Waals surface area contributed by atoms with Crippen molar-refractivity contribution in [3.8, 4) is 12.4 Å². The molecule has 1 rings (SSSR count). The number of rotatable bonds is 1. The Morgan fingerprint density at radius 2 is 1.92 bits per heavy atom. The van der Waals surface area contributed by atoms with Crippen molar-refractivity contribution in [2.45, 2.75) is 0 Å². The Morgan fingerprint density at radius 1 is 1.31 bits per heavy atom. The maximum absolute atomic E-state index is 8.52. The second-order valence-corrected chi connectivity index (χ2v) is 2.65. The standard InChI is InChI=1S/C8H5ClN4/c9-7-2-1-6(3-8(7)12)13(4-10)5-11/h1-3H,12H2. The number of benzene rings is 1. The third-order valence-corrected chi connectivity index (χ3v) is 1.78. The predicted molar refractivity (Wildman–Crippen MR) is 49.6 cm³/mol. The van der Waals surface area contributed by atoms with E-state index in [0.29, 0.717) is 16.4 Å². The van der Waals surface area contributed by atoms with Crippen LogP contribution < -0.4 is 10.6 Å². The molecule has 0 bridgehead atoms. The van der Waals surface area contributed by atoms with Crippen molar-refractivity contribution in [3.05, 3.63) is 23.2 Å². The van der Waals surface area contributed by atoms with Gasteiger partial charge in [0, 0.05) is 0 Å². The number of halogens is 1. The van der Waals surface area contributed by atoms with E-state index in [1.807, 2.05) is 0 Å². The number of nitrogens with two attached hydrogens (primary N) is 1. The molecule has 0 amide bonds. The van der Waals surface area contributed by atoms with Gasteiger partial charge in [0.25, 0.3) is 0 Å². The van der Waals surface area contributed by atoms with Gasteiger partial charge >= 0.3 is 0 Å². The van der Waals surface area contributed by atoms with Gasteiger partial charge in [0.2, 0.25) is 0 Å². The molecule has 0 radical (unpaired) electrons. The van der Waals surface area contributed by atoms with Gasteiger partial charge in [-0.2, -0.15) is 15.4 Å². The number of nitrogens with zero attached hydrogens (tertiary/aromatic N) is 3. The molecule has 0 fully saturated rings. The molecule has 0 aliphatic rings. The fourth-order valence-electron chi connectivity index (χ4n) is 0.808. The fraction of sp³-hybridized carbons (Fsp3) is 0. The van der Waals surface area contributed by atoms with E-state index in [-0.39, 0.29) is 0 Å². The lowest BCUT2D eigenvalue weighted by molar-refractivity contribution is 1.27. The zero-order chi connectivity index (χ0) is 9.84. The third-order valence-electron chi connectivity index (χ3n) is 1.44. The molecule has 0 saturated carbocycles. The topological polar surface area (TPSA) is 76.8 Å². The number of nitrogen functional groups attached to an aromatic ring is 1. The normalized spacial score (nSPS) is 8.54. The van der Waals surface area contributed by atoms with Gasteiger partial charge in [-0.1, -0.05) is 11.6 Å². The van der Waals surface area contributed by atoms with Crippen LogP contribution in [0.1, 0.15) is 0 Å². The van der Waals surface area contributed by atoms with E-state index in [0.717, 1.165) is 4.90 Å². The molecule has 2 N–H and O–H groups in total. The summed E-state index contributed by atoms with van der Waals surface area (Å²) < 4.78 is 0. The Labute approximate surface area is 80.3 Å². The van der Waals surface area contributed by atoms with Crippen molar-refractivity contribution in [1.82, 2.24) is 0 Å². The van der Waals surface area contributed by atoms with Crippen molar-refractivity contribution in [2.24, 2.45) is 0 Å². The summed E-state index contributed by atoms with van der Waals surface area (Å²) in [6.07, 6.45) is 3.38. The molecule has 13 heavy (non-hydrogen) atoms. The number of nitriles is 2. The Balaban J connectivity index is 3.13. The number of hydrogen-bond acceptors (Lipinski definition) is 4. The van der Waals surface area contributed by atoms with E-state index in [1.165, 1.54) is 12.1 Å². The van der Waals surface area contributed by atoms with Crippen LogP contribution in [0.5, 0.6) is 0 Å². The summed E-state index contributed by atoms with van der Waals surface area (Å²) in [5.74, 6) is 0. The molecule has 0 unspecified atom stereocenters. The summed E-state index contributed by atoms with van der Waals surface area (Å²) >= 11 is 5.66. The van der Waals surface area contributed by atoms with Crippen LogP contribution >= 0.6 is 11.6 Å². The number of anilines is 2. The minimum absolute atomic E-state index is 0.342. The molecule has 0 heterocycles. The molecule has 4 nitrogen and oxygen atoms in total. The molecule has 0 aliphatic carbocycles. The van der Waals surface area contributed by atoms with Gasteiger partial charge in [-0.15, -0.1) is 0 Å². The van der Waals surface area contributed by atoms with Crippen molar-refractivity contribution in [1.29, 1.82) is 10.5 Å². The maximum Gasteiger partial charge on any atom is 0.198 e. The Hall–Kier alpha value is -1.91. The van der Waals surface area contributed by atoms with E-state index in [2.05, 4.69) is 0 Å². The Morgan fingerprint density at radius 3 is 2.38 bits per heavy atom. The average molecular weight is 193 g/mol. The first-order valence-corrected chi connectivity index (χ1v) is 3.71. The summed E-state index contributed by atoms with van der Waals surface area (Å²) in [6, 6.07) is 4.55. The van der Waals surface area contributed by atoms with E-state index in [1.54, 1.807) is 18.5 Å². The van der Waals surface area contributed by atoms with Gasteiger partial charge in [-0.25, -0.2) is 0 Å². The molecule has 1 aromatic carbocycles. The summed E-state index contributed by atoms with van der Waals surface area (Å²) in [4.78, 5) is 0.840. The van der Waals surface area contributed by atoms with Crippen LogP contribution in [0.25, 0.3) is 0 Å². The van der Waals surface area contributed by atoms with Crippen LogP contribution in [-0.2, 0) is 0 Å². The summed E-state index contributed by atoms with van der Waals surface area (Å²) in [5, 5.41) is 17.4. The first kappa shape index (κ1) is 9.18. The molecule has 1 aromatic rings. The quantitative estimate of drug-likeness (QED) is 0.417. The van der Waals surface area contributed by atoms with Gasteiger partial charge in [-0.3, -0.25) is 0 Å². The summed E-state index contributed by atoms with van der Waals surface area (Å²) in [7, 11) is 0. The molecule has 0 atom stereocenters. The maximum atomic E-state index is 8.52. The van der Waals surface area contributed by atoms with E-state index in [4.69, 9.17) is 27.9 Å². The smallest absolute Gasteiger partial charge is 0.198 e.